The zero-order chi connectivity index (χ0) is 15.4. The van der Waals surface area contributed by atoms with Gasteiger partial charge in [0.1, 0.15) is 11.3 Å². The lowest BCUT2D eigenvalue weighted by Crippen LogP contribution is -2.09. The van der Waals surface area contributed by atoms with Crippen molar-refractivity contribution >= 4 is 5.97 Å². The van der Waals surface area contributed by atoms with Crippen molar-refractivity contribution in [1.29, 1.82) is 0 Å². The molecule has 0 amide bonds. The van der Waals surface area contributed by atoms with Crippen LogP contribution < -0.4 is 4.74 Å². The highest BCUT2D eigenvalue weighted by atomic mass is 16.5. The second-order valence-corrected chi connectivity index (χ2v) is 4.58. The molecule has 0 unspecified atom stereocenters. The van der Waals surface area contributed by atoms with Crippen LogP contribution in [0.15, 0.2) is 24.3 Å². The molecule has 0 saturated heterocycles. The number of carboxylic acids is 1. The van der Waals surface area contributed by atoms with E-state index in [1.54, 1.807) is 32.0 Å². The fourth-order valence-corrected chi connectivity index (χ4v) is 1.94. The standard InChI is InChI=1S/C15H16N2O4/c1-9-10(2)16-17-14(13(9)15(19)20)21-12-6-4-3-5-11(12)7-8-18/h3-6,18H,7-8H2,1-2H3,(H,19,20). The fraction of sp³-hybridized carbons (Fsp3) is 0.267. The number of rotatable bonds is 5. The van der Waals surface area contributed by atoms with E-state index < -0.39 is 5.97 Å². The third kappa shape index (κ3) is 3.17. The number of aliphatic hydroxyl groups is 1. The summed E-state index contributed by atoms with van der Waals surface area (Å²) in [5, 5.41) is 26.1. The lowest BCUT2D eigenvalue weighted by atomic mass is 10.1. The Morgan fingerprint density at radius 2 is 1.95 bits per heavy atom. The lowest BCUT2D eigenvalue weighted by molar-refractivity contribution is 0.0692. The minimum atomic E-state index is -1.11. The summed E-state index contributed by atoms with van der Waals surface area (Å²) in [7, 11) is 0. The van der Waals surface area contributed by atoms with E-state index in [0.717, 1.165) is 5.56 Å². The Bertz CT molecular complexity index is 671. The smallest absolute Gasteiger partial charge is 0.341 e. The molecule has 2 N–H and O–H groups in total. The molecule has 0 atom stereocenters. The average molecular weight is 288 g/mol. The van der Waals surface area contributed by atoms with Crippen molar-refractivity contribution in [1.82, 2.24) is 10.2 Å². The minimum absolute atomic E-state index is 0.00121. The van der Waals surface area contributed by atoms with E-state index in [1.807, 2.05) is 6.07 Å². The van der Waals surface area contributed by atoms with Gasteiger partial charge in [-0.15, -0.1) is 5.10 Å². The summed E-state index contributed by atoms with van der Waals surface area (Å²) in [6.45, 7) is 3.34. The first-order valence-electron chi connectivity index (χ1n) is 6.48. The van der Waals surface area contributed by atoms with Crippen molar-refractivity contribution in [3.63, 3.8) is 0 Å². The predicted octanol–water partition coefficient (Wildman–Crippen LogP) is 2.12. The molecule has 6 heteroatoms. The van der Waals surface area contributed by atoms with Gasteiger partial charge in [0.25, 0.3) is 5.88 Å². The largest absolute Gasteiger partial charge is 0.477 e. The van der Waals surface area contributed by atoms with Crippen molar-refractivity contribution in [3.05, 3.63) is 46.6 Å². The summed E-state index contributed by atoms with van der Waals surface area (Å²) >= 11 is 0. The van der Waals surface area contributed by atoms with E-state index in [0.29, 0.717) is 23.4 Å². The molecule has 0 bridgehead atoms. The van der Waals surface area contributed by atoms with Gasteiger partial charge in [-0.2, -0.15) is 5.10 Å². The number of ether oxygens (including phenoxy) is 1. The van der Waals surface area contributed by atoms with Crippen LogP contribution in [0.2, 0.25) is 0 Å². The van der Waals surface area contributed by atoms with Crippen LogP contribution in [0, 0.1) is 13.8 Å². The van der Waals surface area contributed by atoms with E-state index in [4.69, 9.17) is 9.84 Å². The van der Waals surface area contributed by atoms with Gasteiger partial charge in [0.2, 0.25) is 0 Å². The van der Waals surface area contributed by atoms with Crippen LogP contribution in [0.25, 0.3) is 0 Å². The zero-order valence-corrected chi connectivity index (χ0v) is 11.8. The summed E-state index contributed by atoms with van der Waals surface area (Å²) in [5.74, 6) is -0.692. The third-order valence-corrected chi connectivity index (χ3v) is 3.20. The topological polar surface area (TPSA) is 92.5 Å². The summed E-state index contributed by atoms with van der Waals surface area (Å²) in [5.41, 5.74) is 1.84. The maximum Gasteiger partial charge on any atom is 0.341 e. The first-order chi connectivity index (χ1) is 10.0. The number of aliphatic hydroxyl groups excluding tert-OH is 1. The van der Waals surface area contributed by atoms with Gasteiger partial charge in [0.15, 0.2) is 0 Å². The van der Waals surface area contributed by atoms with Gasteiger partial charge < -0.3 is 14.9 Å². The molecule has 0 radical (unpaired) electrons. The van der Waals surface area contributed by atoms with Crippen molar-refractivity contribution in [3.8, 4) is 11.6 Å². The Balaban J connectivity index is 2.45. The summed E-state index contributed by atoms with van der Waals surface area (Å²) < 4.78 is 5.62. The lowest BCUT2D eigenvalue weighted by Gasteiger charge is -2.12. The number of nitrogens with zero attached hydrogens (tertiary/aromatic N) is 2. The first-order valence-corrected chi connectivity index (χ1v) is 6.48. The van der Waals surface area contributed by atoms with Crippen LogP contribution in [0.4, 0.5) is 0 Å². The number of para-hydroxylation sites is 1. The van der Waals surface area contributed by atoms with E-state index in [9.17, 15) is 9.90 Å². The molecule has 0 spiro atoms. The molecule has 0 fully saturated rings. The number of carbonyl (C=O) groups is 1. The predicted molar refractivity (Wildman–Crippen MR) is 75.8 cm³/mol. The Hall–Kier alpha value is -2.47. The van der Waals surface area contributed by atoms with E-state index in [-0.39, 0.29) is 18.1 Å². The molecule has 0 aliphatic heterocycles. The van der Waals surface area contributed by atoms with Gasteiger partial charge in [-0.05, 0) is 37.5 Å². The highest BCUT2D eigenvalue weighted by molar-refractivity contribution is 5.92. The van der Waals surface area contributed by atoms with Crippen LogP contribution in [-0.4, -0.2) is 33.0 Å². The molecule has 21 heavy (non-hydrogen) atoms. The molecular weight excluding hydrogens is 272 g/mol. The SMILES string of the molecule is Cc1nnc(Oc2ccccc2CCO)c(C(=O)O)c1C. The second kappa shape index (κ2) is 6.32. The van der Waals surface area contributed by atoms with Crippen molar-refractivity contribution < 1.29 is 19.7 Å². The Morgan fingerprint density at radius 3 is 2.62 bits per heavy atom. The zero-order valence-electron chi connectivity index (χ0n) is 11.8. The van der Waals surface area contributed by atoms with Crippen LogP contribution in [-0.2, 0) is 6.42 Å². The normalized spacial score (nSPS) is 10.4. The number of aryl methyl sites for hydroxylation is 1. The number of carboxylic acid groups (broad SMARTS) is 1. The van der Waals surface area contributed by atoms with Crippen LogP contribution in [0.3, 0.4) is 0 Å². The highest BCUT2D eigenvalue weighted by Gasteiger charge is 2.20. The summed E-state index contributed by atoms with van der Waals surface area (Å²) in [6.07, 6.45) is 0.414. The van der Waals surface area contributed by atoms with Gasteiger partial charge in [0.05, 0.1) is 5.69 Å². The van der Waals surface area contributed by atoms with Crippen LogP contribution in [0.5, 0.6) is 11.6 Å². The van der Waals surface area contributed by atoms with E-state index in [2.05, 4.69) is 10.2 Å². The number of benzene rings is 1. The molecule has 6 nitrogen and oxygen atoms in total. The average Bonchev–Trinajstić information content (AvgIpc) is 2.45. The maximum atomic E-state index is 11.4. The van der Waals surface area contributed by atoms with Crippen LogP contribution >= 0.6 is 0 Å². The number of hydrogen-bond donors (Lipinski definition) is 2. The van der Waals surface area contributed by atoms with Gasteiger partial charge >= 0.3 is 5.97 Å². The Morgan fingerprint density at radius 1 is 1.24 bits per heavy atom. The minimum Gasteiger partial charge on any atom is -0.477 e. The molecule has 0 aliphatic rings. The van der Waals surface area contributed by atoms with Gasteiger partial charge in [-0.25, -0.2) is 4.79 Å². The molecular formula is C15H16N2O4. The summed E-state index contributed by atoms with van der Waals surface area (Å²) in [4.78, 5) is 11.4. The molecule has 110 valence electrons. The van der Waals surface area contributed by atoms with E-state index >= 15 is 0 Å². The van der Waals surface area contributed by atoms with Crippen molar-refractivity contribution in [2.24, 2.45) is 0 Å². The second-order valence-electron chi connectivity index (χ2n) is 4.58. The van der Waals surface area contributed by atoms with Crippen LogP contribution in [0.1, 0.15) is 27.2 Å². The van der Waals surface area contributed by atoms with Crippen molar-refractivity contribution in [2.75, 3.05) is 6.61 Å². The number of hydrogen-bond acceptors (Lipinski definition) is 5. The molecule has 1 aromatic carbocycles. The Kier molecular flexibility index (Phi) is 4.49. The maximum absolute atomic E-state index is 11.4. The molecule has 0 saturated carbocycles. The monoisotopic (exact) mass is 288 g/mol. The van der Waals surface area contributed by atoms with Gasteiger partial charge in [-0.3, -0.25) is 0 Å². The first kappa shape index (κ1) is 14.9. The molecule has 1 aromatic heterocycles. The Labute approximate surface area is 122 Å². The number of aromatic carboxylic acids is 1. The quantitative estimate of drug-likeness (QED) is 0.875. The third-order valence-electron chi connectivity index (χ3n) is 3.20. The number of aromatic nitrogens is 2. The molecule has 2 rings (SSSR count). The van der Waals surface area contributed by atoms with Gasteiger partial charge in [-0.1, -0.05) is 18.2 Å². The van der Waals surface area contributed by atoms with Crippen molar-refractivity contribution in [2.45, 2.75) is 20.3 Å². The highest BCUT2D eigenvalue weighted by Crippen LogP contribution is 2.28. The van der Waals surface area contributed by atoms with Gasteiger partial charge in [0, 0.05) is 6.61 Å². The van der Waals surface area contributed by atoms with E-state index in [1.165, 1.54) is 0 Å². The molecule has 1 heterocycles. The molecule has 0 aliphatic carbocycles. The molecule has 2 aromatic rings. The summed E-state index contributed by atoms with van der Waals surface area (Å²) in [6, 6.07) is 7.10. The fourth-order valence-electron chi connectivity index (χ4n) is 1.94.